The van der Waals surface area contributed by atoms with Gasteiger partial charge in [0, 0.05) is 25.2 Å². The molecule has 16 heavy (non-hydrogen) atoms. The molecule has 0 amide bonds. The summed E-state index contributed by atoms with van der Waals surface area (Å²) in [6.07, 6.45) is 9.62. The van der Waals surface area contributed by atoms with Crippen molar-refractivity contribution in [2.24, 2.45) is 0 Å². The highest BCUT2D eigenvalue weighted by Gasteiger charge is 2.40. The van der Waals surface area contributed by atoms with Crippen LogP contribution in [0.1, 0.15) is 37.2 Å². The molecule has 2 fully saturated rings. The Labute approximate surface area is 95.0 Å². The molecular weight excluding hydrogens is 204 g/mol. The third kappa shape index (κ3) is 1.83. The topological polar surface area (TPSA) is 44.2 Å². The molecule has 1 saturated carbocycles. The average molecular weight is 220 g/mol. The van der Waals surface area contributed by atoms with Gasteiger partial charge in [0.2, 0.25) is 0 Å². The summed E-state index contributed by atoms with van der Waals surface area (Å²) in [5.74, 6) is 0.311. The van der Waals surface area contributed by atoms with E-state index in [0.717, 1.165) is 38.9 Å². The van der Waals surface area contributed by atoms with Crippen molar-refractivity contribution in [2.75, 3.05) is 13.2 Å². The van der Waals surface area contributed by atoms with Gasteiger partial charge in [0.1, 0.15) is 6.33 Å². The number of hydrogen-bond donors (Lipinski definition) is 0. The fourth-order valence-corrected chi connectivity index (χ4v) is 2.70. The quantitative estimate of drug-likeness (QED) is 0.724. The van der Waals surface area contributed by atoms with Gasteiger partial charge >= 0.3 is 0 Å². The molecule has 2 aliphatic rings. The maximum Gasteiger partial charge on any atom is 0.168 e. The number of hydrogen-bond acceptors (Lipinski definition) is 4. The maximum absolute atomic E-state index is 5.71. The van der Waals surface area contributed by atoms with Crippen LogP contribution in [0.25, 0.3) is 0 Å². The summed E-state index contributed by atoms with van der Waals surface area (Å²) < 4.78 is 11.4. The summed E-state index contributed by atoms with van der Waals surface area (Å²) in [4.78, 5) is 8.15. The number of nitrogens with zero attached hydrogens (tertiary/aromatic N) is 2. The van der Waals surface area contributed by atoms with Gasteiger partial charge in [-0.3, -0.25) is 0 Å². The van der Waals surface area contributed by atoms with Crippen LogP contribution in [0, 0.1) is 0 Å². The van der Waals surface area contributed by atoms with Gasteiger partial charge < -0.3 is 9.47 Å². The third-order valence-corrected chi connectivity index (χ3v) is 3.61. The van der Waals surface area contributed by atoms with Crippen molar-refractivity contribution in [3.63, 3.8) is 0 Å². The lowest BCUT2D eigenvalue weighted by Crippen LogP contribution is -2.34. The molecule has 1 spiro atoms. The fraction of sp³-hybridized carbons (Fsp3) is 0.667. The summed E-state index contributed by atoms with van der Waals surface area (Å²) in [5.41, 5.74) is 1.25. The Bertz CT molecular complexity index is 339. The second-order valence-corrected chi connectivity index (χ2v) is 4.55. The Morgan fingerprint density at radius 2 is 1.69 bits per heavy atom. The molecule has 0 radical (unpaired) electrons. The molecule has 0 atom stereocenters. The molecule has 4 nitrogen and oxygen atoms in total. The van der Waals surface area contributed by atoms with E-state index in [1.54, 1.807) is 6.33 Å². The van der Waals surface area contributed by atoms with Crippen molar-refractivity contribution in [1.29, 1.82) is 0 Å². The first-order chi connectivity index (χ1) is 7.88. The van der Waals surface area contributed by atoms with E-state index in [-0.39, 0.29) is 5.79 Å². The van der Waals surface area contributed by atoms with Crippen LogP contribution >= 0.6 is 0 Å². The Morgan fingerprint density at radius 3 is 2.31 bits per heavy atom. The molecule has 1 aromatic heterocycles. The standard InChI is InChI=1S/C12H16N2O2/c1-3-12(15-5-6-16-12)4-2-10(1)11-7-13-9-14-8-11/h7-10H,1-6H2. The van der Waals surface area contributed by atoms with Crippen molar-refractivity contribution in [3.05, 3.63) is 24.3 Å². The third-order valence-electron chi connectivity index (χ3n) is 3.61. The normalized spacial score (nSPS) is 25.0. The zero-order valence-corrected chi connectivity index (χ0v) is 9.26. The molecule has 0 bridgehead atoms. The Balaban J connectivity index is 1.66. The first kappa shape index (κ1) is 10.2. The lowest BCUT2D eigenvalue weighted by atomic mass is 9.82. The SMILES string of the molecule is c1ncc(C2CCC3(CC2)OCCO3)cn1. The van der Waals surface area contributed by atoms with Crippen LogP contribution < -0.4 is 0 Å². The van der Waals surface area contributed by atoms with E-state index >= 15 is 0 Å². The van der Waals surface area contributed by atoms with Gasteiger partial charge in [-0.2, -0.15) is 0 Å². The minimum absolute atomic E-state index is 0.258. The molecular formula is C12H16N2O2. The van der Waals surface area contributed by atoms with Crippen molar-refractivity contribution >= 4 is 0 Å². The lowest BCUT2D eigenvalue weighted by Gasteiger charge is -2.35. The first-order valence-corrected chi connectivity index (χ1v) is 5.91. The minimum atomic E-state index is -0.258. The van der Waals surface area contributed by atoms with E-state index in [0.29, 0.717) is 5.92 Å². The van der Waals surface area contributed by atoms with E-state index < -0.39 is 0 Å². The molecule has 4 heteroatoms. The Morgan fingerprint density at radius 1 is 1.06 bits per heavy atom. The van der Waals surface area contributed by atoms with Crippen molar-refractivity contribution in [1.82, 2.24) is 9.97 Å². The van der Waals surface area contributed by atoms with Gasteiger partial charge in [-0.25, -0.2) is 9.97 Å². The van der Waals surface area contributed by atoms with Crippen LogP contribution in [-0.2, 0) is 9.47 Å². The summed E-state index contributed by atoms with van der Waals surface area (Å²) in [7, 11) is 0. The van der Waals surface area contributed by atoms with Crippen molar-refractivity contribution < 1.29 is 9.47 Å². The molecule has 1 aromatic rings. The molecule has 1 aliphatic carbocycles. The molecule has 1 saturated heterocycles. The van der Waals surface area contributed by atoms with E-state index in [9.17, 15) is 0 Å². The van der Waals surface area contributed by atoms with Crippen LogP contribution in [0.15, 0.2) is 18.7 Å². The predicted molar refractivity (Wildman–Crippen MR) is 57.9 cm³/mol. The minimum Gasteiger partial charge on any atom is -0.348 e. The molecule has 0 unspecified atom stereocenters. The monoisotopic (exact) mass is 220 g/mol. The zero-order chi connectivity index (χ0) is 10.8. The van der Waals surface area contributed by atoms with Crippen LogP contribution in [0.2, 0.25) is 0 Å². The largest absolute Gasteiger partial charge is 0.348 e. The number of ether oxygens (including phenoxy) is 2. The summed E-state index contributed by atoms with van der Waals surface area (Å²) in [5, 5.41) is 0. The average Bonchev–Trinajstić information content (AvgIpc) is 2.80. The highest BCUT2D eigenvalue weighted by molar-refractivity contribution is 5.11. The van der Waals surface area contributed by atoms with E-state index in [1.807, 2.05) is 12.4 Å². The lowest BCUT2D eigenvalue weighted by molar-refractivity contribution is -0.178. The molecule has 1 aliphatic heterocycles. The van der Waals surface area contributed by atoms with Crippen LogP contribution in [0.5, 0.6) is 0 Å². The van der Waals surface area contributed by atoms with E-state index in [4.69, 9.17) is 9.47 Å². The smallest absolute Gasteiger partial charge is 0.168 e. The van der Waals surface area contributed by atoms with E-state index in [1.165, 1.54) is 5.56 Å². The van der Waals surface area contributed by atoms with E-state index in [2.05, 4.69) is 9.97 Å². The summed E-state index contributed by atoms with van der Waals surface area (Å²) in [6, 6.07) is 0. The fourth-order valence-electron chi connectivity index (χ4n) is 2.70. The number of aromatic nitrogens is 2. The molecule has 0 aromatic carbocycles. The predicted octanol–water partition coefficient (Wildman–Crippen LogP) is 1.88. The van der Waals surface area contributed by atoms with Gasteiger partial charge in [0.25, 0.3) is 0 Å². The highest BCUT2D eigenvalue weighted by Crippen LogP contribution is 2.41. The molecule has 86 valence electrons. The second kappa shape index (κ2) is 4.11. The van der Waals surface area contributed by atoms with Crippen molar-refractivity contribution in [2.45, 2.75) is 37.4 Å². The molecule has 0 N–H and O–H groups in total. The zero-order valence-electron chi connectivity index (χ0n) is 9.26. The van der Waals surface area contributed by atoms with Crippen LogP contribution in [0.4, 0.5) is 0 Å². The molecule has 2 heterocycles. The van der Waals surface area contributed by atoms with Crippen molar-refractivity contribution in [3.8, 4) is 0 Å². The molecule has 3 rings (SSSR count). The van der Waals surface area contributed by atoms with Gasteiger partial charge in [-0.15, -0.1) is 0 Å². The Kier molecular flexibility index (Phi) is 2.61. The first-order valence-electron chi connectivity index (χ1n) is 5.91. The maximum atomic E-state index is 5.71. The highest BCUT2D eigenvalue weighted by atomic mass is 16.7. The van der Waals surface area contributed by atoms with Crippen LogP contribution in [-0.4, -0.2) is 29.0 Å². The number of rotatable bonds is 1. The van der Waals surface area contributed by atoms with Gasteiger partial charge in [-0.05, 0) is 24.3 Å². The second-order valence-electron chi connectivity index (χ2n) is 4.55. The van der Waals surface area contributed by atoms with Gasteiger partial charge in [0.05, 0.1) is 13.2 Å². The summed E-state index contributed by atoms with van der Waals surface area (Å²) in [6.45, 7) is 1.50. The van der Waals surface area contributed by atoms with Crippen LogP contribution in [0.3, 0.4) is 0 Å². The van der Waals surface area contributed by atoms with Gasteiger partial charge in [-0.1, -0.05) is 0 Å². The Hall–Kier alpha value is -1.00. The van der Waals surface area contributed by atoms with Gasteiger partial charge in [0.15, 0.2) is 5.79 Å². The summed E-state index contributed by atoms with van der Waals surface area (Å²) >= 11 is 0.